The van der Waals surface area contributed by atoms with Gasteiger partial charge in [-0.25, -0.2) is 4.79 Å². The van der Waals surface area contributed by atoms with Crippen LogP contribution in [0.2, 0.25) is 0 Å². The van der Waals surface area contributed by atoms with Crippen molar-refractivity contribution >= 4 is 112 Å². The molecule has 682 valence electrons. The number of hydrogen-bond donors (Lipinski definition) is 25. The van der Waals surface area contributed by atoms with Gasteiger partial charge in [-0.15, -0.1) is 0 Å². The number of aliphatic hydroxyl groups excluding tert-OH is 4. The number of nitrogens with two attached hydrogens (primary N) is 3. The Bertz CT molecular complexity index is 3480. The smallest absolute Gasteiger partial charge is 0.326 e. The van der Waals surface area contributed by atoms with Crippen molar-refractivity contribution in [1.82, 2.24) is 84.7 Å². The predicted molar refractivity (Wildman–Crippen MR) is 428 cm³/mol. The molecule has 18 atom stereocenters. The number of nitrogens with zero attached hydrogens (tertiary/aromatic N) is 1. The Morgan fingerprint density at radius 3 is 1.23 bits per heavy atom. The zero-order valence-electron chi connectivity index (χ0n) is 70.6. The summed E-state index contributed by atoms with van der Waals surface area (Å²) in [5.74, 6) is -23.2. The molecule has 1 aliphatic heterocycles. The number of carboxylic acid groups (broad SMARTS) is 3. The zero-order chi connectivity index (χ0) is 91.7. The van der Waals surface area contributed by atoms with Crippen molar-refractivity contribution in [2.75, 3.05) is 45.9 Å². The number of aliphatic hydroxyl groups is 4. The van der Waals surface area contributed by atoms with Gasteiger partial charge in [-0.05, 0) is 134 Å². The molecule has 1 fully saturated rings. The summed E-state index contributed by atoms with van der Waals surface area (Å²) >= 11 is 0. The zero-order valence-corrected chi connectivity index (χ0v) is 70.6. The fourth-order valence-electron chi connectivity index (χ4n) is 12.3. The number of aliphatic carboxylic acids is 3. The van der Waals surface area contributed by atoms with E-state index < -0.39 is 291 Å². The van der Waals surface area contributed by atoms with Gasteiger partial charge >= 0.3 is 17.9 Å². The van der Waals surface area contributed by atoms with Crippen molar-refractivity contribution < 1.29 is 127 Å². The highest BCUT2D eigenvalue weighted by Gasteiger charge is 2.43. The predicted octanol–water partition coefficient (Wildman–Crippen LogP) is -8.26. The molecule has 1 heterocycles. The first-order chi connectivity index (χ1) is 56.2. The molecule has 120 heavy (non-hydrogen) atoms. The molecule has 0 unspecified atom stereocenters. The van der Waals surface area contributed by atoms with Gasteiger partial charge in [-0.2, -0.15) is 0 Å². The molecule has 28 N–H and O–H groups in total. The molecule has 0 aromatic heterocycles. The van der Waals surface area contributed by atoms with Crippen LogP contribution in [-0.2, 0) is 91.1 Å². The fourth-order valence-corrected chi connectivity index (χ4v) is 12.3. The number of likely N-dealkylation sites (tertiary alicyclic amines) is 1. The second-order valence-electron chi connectivity index (χ2n) is 31.2. The normalized spacial score (nSPS) is 16.9. The van der Waals surface area contributed by atoms with E-state index in [0.29, 0.717) is 25.7 Å². The maximum Gasteiger partial charge on any atom is 0.326 e. The molecule has 0 aliphatic carbocycles. The van der Waals surface area contributed by atoms with E-state index >= 15 is 0 Å². The average Bonchev–Trinajstić information content (AvgIpc) is 1.19. The number of hydrogen-bond acceptors (Lipinski definition) is 26. The standard InChI is InChI=1S/C75H131N19O26/c1-14-39(10)58(88-51(99)31-78)71(115)85-47(30-35(2)3)64(108)92-60(42(13)98)73(117)91-57(38(8)9)70(114)87-49(34-96)66(110)90-55(36(4)5)68(112)80-40(11)61(105)89-56(37(6)7)69(113)86-48(33-95)65(109)82-43(23-25-53(101)102)62(106)79-32-52(100)81-45(20-15-17-27-76)74(118)94-29-19-22-50(94)67(111)93-59(41(12)97)72(116)83-44(24-26-54(103)104)63(107)84-46(75(119)120)21-16-18-28-77/h35-50,55-60,95-98H,14-34,76-78H2,1-13H3,(H,79,106)(H,80,112)(H,81,100)(H,82,109)(H,83,116)(H,84,107)(H,85,115)(H,86,113)(H,87,114)(H,88,99)(H,89,105)(H,90,110)(H,91,117)(H,92,108)(H,93,111)(H,101,102)(H,103,104)(H,119,120)/t39-,40-,41+,42+,43-,44-,45-,46-,47-,48-,49-,50-,55-,56-,57-,58-,59-,60-/m0/s1. The van der Waals surface area contributed by atoms with Crippen molar-refractivity contribution in [3.8, 4) is 0 Å². The highest BCUT2D eigenvalue weighted by Crippen LogP contribution is 2.22. The maximum atomic E-state index is 14.4. The van der Waals surface area contributed by atoms with E-state index in [9.17, 15) is 127 Å². The molecule has 0 aromatic rings. The molecule has 45 heteroatoms. The first-order valence-corrected chi connectivity index (χ1v) is 40.3. The van der Waals surface area contributed by atoms with E-state index in [1.807, 2.05) is 0 Å². The minimum Gasteiger partial charge on any atom is -0.481 e. The van der Waals surface area contributed by atoms with Gasteiger partial charge < -0.3 is 138 Å². The number of unbranched alkanes of at least 4 members (excludes halogenated alkanes) is 2. The Labute approximate surface area is 696 Å². The number of nitrogens with one attached hydrogen (secondary N) is 15. The van der Waals surface area contributed by atoms with Crippen LogP contribution in [-0.4, -0.2) is 302 Å². The molecule has 1 saturated heterocycles. The third-order valence-electron chi connectivity index (χ3n) is 19.5. The highest BCUT2D eigenvalue weighted by molar-refractivity contribution is 6.01. The molecule has 16 amide bonds. The van der Waals surface area contributed by atoms with Gasteiger partial charge in [0.1, 0.15) is 90.6 Å². The molecular formula is C75H131N19O26. The summed E-state index contributed by atoms with van der Waals surface area (Å²) in [6, 6.07) is -23.3. The Balaban J connectivity index is 3.28. The van der Waals surface area contributed by atoms with Crippen LogP contribution in [0.4, 0.5) is 0 Å². The third-order valence-corrected chi connectivity index (χ3v) is 19.5. The van der Waals surface area contributed by atoms with E-state index in [4.69, 9.17) is 17.2 Å². The molecule has 0 radical (unpaired) electrons. The van der Waals surface area contributed by atoms with Crippen LogP contribution >= 0.6 is 0 Å². The van der Waals surface area contributed by atoms with E-state index in [1.54, 1.807) is 27.7 Å². The first-order valence-electron chi connectivity index (χ1n) is 40.3. The lowest BCUT2D eigenvalue weighted by molar-refractivity contribution is -0.144. The number of carbonyl (C=O) groups excluding carboxylic acids is 16. The monoisotopic (exact) mass is 1710 g/mol. The van der Waals surface area contributed by atoms with E-state index in [-0.39, 0.29) is 64.1 Å². The van der Waals surface area contributed by atoms with Crippen molar-refractivity contribution in [3.05, 3.63) is 0 Å². The lowest BCUT2D eigenvalue weighted by atomic mass is 9.96. The van der Waals surface area contributed by atoms with E-state index in [0.717, 1.165) is 11.8 Å². The maximum absolute atomic E-state index is 14.4. The first kappa shape index (κ1) is 108. The van der Waals surface area contributed by atoms with E-state index in [1.165, 1.54) is 55.4 Å². The van der Waals surface area contributed by atoms with Crippen LogP contribution in [0.15, 0.2) is 0 Å². The fraction of sp³-hybridized carbons (Fsp3) is 0.747. The van der Waals surface area contributed by atoms with Crippen LogP contribution in [0.3, 0.4) is 0 Å². The number of carbonyl (C=O) groups is 19. The van der Waals surface area contributed by atoms with Gasteiger partial charge in [0.25, 0.3) is 0 Å². The summed E-state index contributed by atoms with van der Waals surface area (Å²) in [4.78, 5) is 256. The Kier molecular flexibility index (Phi) is 49.1. The largest absolute Gasteiger partial charge is 0.481 e. The van der Waals surface area contributed by atoms with Gasteiger partial charge in [0.15, 0.2) is 0 Å². The Hall–Kier alpha value is -10.3. The second-order valence-corrected chi connectivity index (χ2v) is 31.2. The minimum atomic E-state index is -1.91. The molecule has 0 aromatic carbocycles. The number of rotatable bonds is 57. The summed E-state index contributed by atoms with van der Waals surface area (Å²) in [5, 5.41) is 107. The Morgan fingerprint density at radius 2 is 0.775 bits per heavy atom. The molecule has 1 aliphatic rings. The minimum absolute atomic E-state index is 0.00208. The summed E-state index contributed by atoms with van der Waals surface area (Å²) in [7, 11) is 0. The van der Waals surface area contributed by atoms with Crippen molar-refractivity contribution in [1.29, 1.82) is 0 Å². The van der Waals surface area contributed by atoms with E-state index in [2.05, 4.69) is 79.8 Å². The average molecular weight is 1710 g/mol. The SMILES string of the molecule is CC[C@H](C)[C@H](NC(=O)CN)C(=O)N[C@@H](CC(C)C)C(=O)N[C@H](C(=O)N[C@H](C(=O)N[C@@H](CO)C(=O)N[C@H](C(=O)N[C@@H](C)C(=O)N[C@H](C(=O)N[C@@H](CO)C(=O)N[C@@H](CCC(=O)O)C(=O)NCC(=O)N[C@@H](CCCCN)C(=O)N1CCC[C@H]1C(=O)N[C@H](C(=O)N[C@@H](CCC(=O)O)C(=O)N[C@@H](CCCCN)C(=O)O)[C@@H](C)O)C(C)C)C(C)C)C(C)C)[C@@H](C)O. The van der Waals surface area contributed by atoms with Crippen LogP contribution in [0.25, 0.3) is 0 Å². The van der Waals surface area contributed by atoms with Crippen LogP contribution in [0, 0.1) is 29.6 Å². The third kappa shape index (κ3) is 37.5. The summed E-state index contributed by atoms with van der Waals surface area (Å²) in [5.41, 5.74) is 16.7. The van der Waals surface area contributed by atoms with Crippen molar-refractivity contribution in [2.45, 2.75) is 283 Å². The molecule has 0 spiro atoms. The van der Waals surface area contributed by atoms with Gasteiger partial charge in [0.2, 0.25) is 94.5 Å². The summed E-state index contributed by atoms with van der Waals surface area (Å²) < 4.78 is 0. The van der Waals surface area contributed by atoms with Gasteiger partial charge in [-0.1, -0.05) is 75.7 Å². The Morgan fingerprint density at radius 1 is 0.392 bits per heavy atom. The summed E-state index contributed by atoms with van der Waals surface area (Å²) in [6.07, 6.45) is -4.05. The molecule has 0 bridgehead atoms. The second kappa shape index (κ2) is 54.7. The molecule has 45 nitrogen and oxygen atoms in total. The van der Waals surface area contributed by atoms with Gasteiger partial charge in [0.05, 0.1) is 38.5 Å². The van der Waals surface area contributed by atoms with Crippen LogP contribution < -0.4 is 97.0 Å². The van der Waals surface area contributed by atoms with Crippen LogP contribution in [0.1, 0.15) is 180 Å². The lowest BCUT2D eigenvalue weighted by Gasteiger charge is -2.31. The van der Waals surface area contributed by atoms with Gasteiger partial charge in [-0.3, -0.25) is 86.3 Å². The summed E-state index contributed by atoms with van der Waals surface area (Å²) in [6.45, 7) is 16.2. The van der Waals surface area contributed by atoms with Gasteiger partial charge in [0, 0.05) is 19.4 Å². The number of amides is 16. The van der Waals surface area contributed by atoms with Crippen molar-refractivity contribution in [3.63, 3.8) is 0 Å². The highest BCUT2D eigenvalue weighted by atomic mass is 16.4. The quantitative estimate of drug-likeness (QED) is 0.0252. The molecular weight excluding hydrogens is 1580 g/mol. The number of carboxylic acids is 3. The van der Waals surface area contributed by atoms with Crippen LogP contribution in [0.5, 0.6) is 0 Å². The molecule has 0 saturated carbocycles. The molecule has 1 rings (SSSR count). The topological polar surface area (TPSA) is 728 Å². The lowest BCUT2D eigenvalue weighted by Crippen LogP contribution is -2.63. The van der Waals surface area contributed by atoms with Crippen molar-refractivity contribution in [2.24, 2.45) is 46.8 Å².